The van der Waals surface area contributed by atoms with Crippen LogP contribution in [-0.4, -0.2) is 37.7 Å². The monoisotopic (exact) mass is 312 g/mol. The van der Waals surface area contributed by atoms with E-state index in [4.69, 9.17) is 9.47 Å². The largest absolute Gasteiger partial charge is 0.486 e. The van der Waals surface area contributed by atoms with E-state index in [-0.39, 0.29) is 23.9 Å². The Morgan fingerprint density at radius 3 is 2.57 bits per heavy atom. The number of hydrogen-bond acceptors (Lipinski definition) is 4. The lowest BCUT2D eigenvalue weighted by Crippen LogP contribution is -2.52. The summed E-state index contributed by atoms with van der Waals surface area (Å²) in [5, 5.41) is 6.45. The highest BCUT2D eigenvalue weighted by atomic mass is 35.5. The van der Waals surface area contributed by atoms with Crippen molar-refractivity contribution in [2.24, 2.45) is 0 Å². The van der Waals surface area contributed by atoms with Crippen molar-refractivity contribution in [2.45, 2.75) is 25.3 Å². The van der Waals surface area contributed by atoms with Gasteiger partial charge in [0.2, 0.25) is 0 Å². The Morgan fingerprint density at radius 2 is 1.86 bits per heavy atom. The molecular weight excluding hydrogens is 292 g/mol. The second kappa shape index (κ2) is 6.54. The van der Waals surface area contributed by atoms with Crippen LogP contribution in [0.2, 0.25) is 0 Å². The van der Waals surface area contributed by atoms with Gasteiger partial charge < -0.3 is 20.1 Å². The first-order valence-corrected chi connectivity index (χ1v) is 7.09. The number of amides is 1. The van der Waals surface area contributed by atoms with Crippen LogP contribution in [0, 0.1) is 0 Å². The van der Waals surface area contributed by atoms with Crippen molar-refractivity contribution in [2.75, 3.05) is 26.3 Å². The third kappa shape index (κ3) is 3.60. The molecule has 0 saturated carbocycles. The van der Waals surface area contributed by atoms with E-state index in [2.05, 4.69) is 17.6 Å². The lowest BCUT2D eigenvalue weighted by Gasteiger charge is -2.35. The Hall–Kier alpha value is -1.46. The van der Waals surface area contributed by atoms with Gasteiger partial charge in [-0.05, 0) is 51.1 Å². The zero-order valence-electron chi connectivity index (χ0n) is 12.1. The number of piperidine rings is 1. The molecule has 0 unspecified atom stereocenters. The summed E-state index contributed by atoms with van der Waals surface area (Å²) in [5.41, 5.74) is 0.490. The molecule has 2 aliphatic heterocycles. The van der Waals surface area contributed by atoms with Crippen molar-refractivity contribution in [1.82, 2.24) is 10.6 Å². The third-order valence-corrected chi connectivity index (χ3v) is 3.93. The highest BCUT2D eigenvalue weighted by Crippen LogP contribution is 2.31. The Bertz CT molecular complexity index is 516. The predicted octanol–water partition coefficient (Wildman–Crippen LogP) is 1.75. The molecule has 1 aromatic rings. The van der Waals surface area contributed by atoms with E-state index in [1.54, 1.807) is 18.2 Å². The van der Waals surface area contributed by atoms with Crippen molar-refractivity contribution in [3.63, 3.8) is 0 Å². The van der Waals surface area contributed by atoms with Gasteiger partial charge in [-0.1, -0.05) is 0 Å². The van der Waals surface area contributed by atoms with E-state index in [0.717, 1.165) is 25.9 Å². The van der Waals surface area contributed by atoms with Gasteiger partial charge in [0, 0.05) is 11.1 Å². The molecule has 2 N–H and O–H groups in total. The molecule has 0 bridgehead atoms. The lowest BCUT2D eigenvalue weighted by molar-refractivity contribution is 0.0886. The van der Waals surface area contributed by atoms with Gasteiger partial charge in [0.05, 0.1) is 0 Å². The number of halogens is 1. The Balaban J connectivity index is 0.00000161. The molecule has 5 nitrogen and oxygen atoms in total. The smallest absolute Gasteiger partial charge is 0.251 e. The Kier molecular flexibility index (Phi) is 4.96. The van der Waals surface area contributed by atoms with Crippen LogP contribution in [0.5, 0.6) is 11.5 Å². The molecule has 1 amide bonds. The second-order valence-corrected chi connectivity index (χ2v) is 5.62. The fraction of sp³-hybridized carbons (Fsp3) is 0.533. The highest BCUT2D eigenvalue weighted by molar-refractivity contribution is 5.95. The maximum absolute atomic E-state index is 12.4. The summed E-state index contributed by atoms with van der Waals surface area (Å²) < 4.78 is 11.0. The molecule has 21 heavy (non-hydrogen) atoms. The molecule has 6 heteroatoms. The molecule has 2 aliphatic rings. The molecule has 116 valence electrons. The molecule has 1 aromatic carbocycles. The van der Waals surface area contributed by atoms with E-state index >= 15 is 0 Å². The van der Waals surface area contributed by atoms with Crippen LogP contribution in [0.15, 0.2) is 18.2 Å². The average Bonchev–Trinajstić information content (AvgIpc) is 2.47. The van der Waals surface area contributed by atoms with Crippen LogP contribution in [0.4, 0.5) is 0 Å². The molecule has 0 aromatic heterocycles. The lowest BCUT2D eigenvalue weighted by atomic mass is 9.90. The number of rotatable bonds is 2. The topological polar surface area (TPSA) is 59.6 Å². The van der Waals surface area contributed by atoms with Gasteiger partial charge in [0.25, 0.3) is 5.91 Å². The number of hydrogen-bond donors (Lipinski definition) is 2. The summed E-state index contributed by atoms with van der Waals surface area (Å²) in [6, 6.07) is 5.34. The summed E-state index contributed by atoms with van der Waals surface area (Å²) in [7, 11) is 0. The highest BCUT2D eigenvalue weighted by Gasteiger charge is 2.29. The fourth-order valence-electron chi connectivity index (χ4n) is 2.63. The zero-order chi connectivity index (χ0) is 14.0. The van der Waals surface area contributed by atoms with Crippen LogP contribution in [0.1, 0.15) is 30.1 Å². The minimum atomic E-state index is -0.129. The first-order valence-electron chi connectivity index (χ1n) is 7.09. The number of nitrogens with one attached hydrogen (secondary N) is 2. The maximum atomic E-state index is 12.4. The summed E-state index contributed by atoms with van der Waals surface area (Å²) >= 11 is 0. The standard InChI is InChI=1S/C15H20N2O3.ClH/c1-15(4-6-16-7-5-15)17-14(18)11-2-3-12-13(10-11)20-9-8-19-12;/h2-3,10,16H,4-9H2,1H3,(H,17,18);1H. The average molecular weight is 313 g/mol. The number of carbonyl (C=O) groups is 1. The minimum Gasteiger partial charge on any atom is -0.486 e. The minimum absolute atomic E-state index is 0. The molecule has 1 fully saturated rings. The summed E-state index contributed by atoms with van der Waals surface area (Å²) in [5.74, 6) is 1.31. The van der Waals surface area contributed by atoms with Gasteiger partial charge in [-0.25, -0.2) is 0 Å². The summed E-state index contributed by atoms with van der Waals surface area (Å²) in [6.07, 6.45) is 1.90. The quantitative estimate of drug-likeness (QED) is 0.873. The first-order chi connectivity index (χ1) is 9.66. The second-order valence-electron chi connectivity index (χ2n) is 5.62. The van der Waals surface area contributed by atoms with Crippen LogP contribution in [0.3, 0.4) is 0 Å². The normalized spacial score (nSPS) is 19.3. The van der Waals surface area contributed by atoms with Gasteiger partial charge in [-0.2, -0.15) is 0 Å². The molecule has 0 aliphatic carbocycles. The van der Waals surface area contributed by atoms with Crippen LogP contribution in [0.25, 0.3) is 0 Å². The zero-order valence-corrected chi connectivity index (χ0v) is 12.9. The van der Waals surface area contributed by atoms with Crippen molar-refractivity contribution >= 4 is 18.3 Å². The SMILES string of the molecule is CC1(NC(=O)c2ccc3c(c2)OCCO3)CCNCC1.Cl. The van der Waals surface area contributed by atoms with Gasteiger partial charge in [0.15, 0.2) is 11.5 Å². The predicted molar refractivity (Wildman–Crippen MR) is 82.7 cm³/mol. The van der Waals surface area contributed by atoms with E-state index in [1.165, 1.54) is 0 Å². The van der Waals surface area contributed by atoms with Crippen molar-refractivity contribution < 1.29 is 14.3 Å². The van der Waals surface area contributed by atoms with Crippen molar-refractivity contribution in [1.29, 1.82) is 0 Å². The Labute approximate surface area is 130 Å². The van der Waals surface area contributed by atoms with Crippen LogP contribution < -0.4 is 20.1 Å². The molecule has 0 atom stereocenters. The molecule has 0 radical (unpaired) electrons. The molecule has 1 saturated heterocycles. The molecule has 0 spiro atoms. The fourth-order valence-corrected chi connectivity index (χ4v) is 2.63. The Morgan fingerprint density at radius 1 is 1.19 bits per heavy atom. The van der Waals surface area contributed by atoms with Crippen LogP contribution in [-0.2, 0) is 0 Å². The number of carbonyl (C=O) groups excluding carboxylic acids is 1. The van der Waals surface area contributed by atoms with E-state index in [1.807, 2.05) is 0 Å². The van der Waals surface area contributed by atoms with Gasteiger partial charge in [-0.15, -0.1) is 12.4 Å². The number of fused-ring (bicyclic) bond motifs is 1. The summed E-state index contributed by atoms with van der Waals surface area (Å²) in [4.78, 5) is 12.4. The number of ether oxygens (including phenoxy) is 2. The van der Waals surface area contributed by atoms with Gasteiger partial charge in [0.1, 0.15) is 13.2 Å². The van der Waals surface area contributed by atoms with Gasteiger partial charge >= 0.3 is 0 Å². The maximum Gasteiger partial charge on any atom is 0.251 e. The number of benzene rings is 1. The molecule has 2 heterocycles. The van der Waals surface area contributed by atoms with E-state index in [9.17, 15) is 4.79 Å². The first kappa shape index (κ1) is 15.9. The third-order valence-electron chi connectivity index (χ3n) is 3.93. The van der Waals surface area contributed by atoms with Crippen LogP contribution >= 0.6 is 12.4 Å². The van der Waals surface area contributed by atoms with E-state index in [0.29, 0.717) is 30.3 Å². The van der Waals surface area contributed by atoms with Crippen molar-refractivity contribution in [3.8, 4) is 11.5 Å². The molecule has 3 rings (SSSR count). The van der Waals surface area contributed by atoms with E-state index < -0.39 is 0 Å². The molecular formula is C15H21ClN2O3. The van der Waals surface area contributed by atoms with Crippen molar-refractivity contribution in [3.05, 3.63) is 23.8 Å². The summed E-state index contributed by atoms with van der Waals surface area (Å²) in [6.45, 7) is 5.07. The van der Waals surface area contributed by atoms with Gasteiger partial charge in [-0.3, -0.25) is 4.79 Å².